The van der Waals surface area contributed by atoms with Gasteiger partial charge in [0, 0.05) is 5.02 Å². The molecule has 0 aliphatic heterocycles. The molecule has 1 aromatic rings. The largest absolute Gasteiger partial charge is 0.494 e. The Bertz CT molecular complexity index is 321. The van der Waals surface area contributed by atoms with E-state index in [2.05, 4.69) is 0 Å². The van der Waals surface area contributed by atoms with E-state index in [1.165, 1.54) is 17.5 Å². The summed E-state index contributed by atoms with van der Waals surface area (Å²) in [6, 6.07) is 3.92. The molecule has 0 aromatic heterocycles. The van der Waals surface area contributed by atoms with Crippen molar-refractivity contribution in [3.8, 4) is 5.75 Å². The fourth-order valence-corrected chi connectivity index (χ4v) is 2.19. The van der Waals surface area contributed by atoms with Gasteiger partial charge in [-0.15, -0.1) is 0 Å². The van der Waals surface area contributed by atoms with Crippen molar-refractivity contribution in [3.05, 3.63) is 28.3 Å². The molecule has 0 saturated heterocycles. The third kappa shape index (κ3) is 2.66. The first-order valence-corrected chi connectivity index (χ1v) is 6.13. The zero-order chi connectivity index (χ0) is 11.3. The number of hydrogen-bond donors (Lipinski definition) is 0. The Hall–Kier alpha value is -0.690. The van der Waals surface area contributed by atoms with E-state index in [0.717, 1.165) is 30.2 Å². The molecular formula is C13H19ClO. The van der Waals surface area contributed by atoms with E-state index in [9.17, 15) is 0 Å². The maximum absolute atomic E-state index is 6.09. The quantitative estimate of drug-likeness (QED) is 0.733. The maximum atomic E-state index is 6.09. The van der Waals surface area contributed by atoms with E-state index < -0.39 is 0 Å². The standard InChI is InChI=1S/C11H13ClO.C2H6/c1-2-13-11-7-6-10(12)8-4-3-5-9(8)11;1-2/h6-7H,2-5H2,1H3;1-2H3. The van der Waals surface area contributed by atoms with Crippen LogP contribution in [0.4, 0.5) is 0 Å². The molecule has 0 unspecified atom stereocenters. The number of fused-ring (bicyclic) bond motifs is 1. The van der Waals surface area contributed by atoms with Crippen molar-refractivity contribution in [1.82, 2.24) is 0 Å². The highest BCUT2D eigenvalue weighted by Crippen LogP contribution is 2.35. The summed E-state index contributed by atoms with van der Waals surface area (Å²) in [6.07, 6.45) is 3.43. The molecule has 0 heterocycles. The van der Waals surface area contributed by atoms with Gasteiger partial charge < -0.3 is 4.74 Å². The second kappa shape index (κ2) is 6.02. The lowest BCUT2D eigenvalue weighted by Gasteiger charge is -2.09. The summed E-state index contributed by atoms with van der Waals surface area (Å²) in [5.41, 5.74) is 2.63. The zero-order valence-electron chi connectivity index (χ0n) is 9.77. The number of benzene rings is 1. The van der Waals surface area contributed by atoms with Gasteiger partial charge in [0.2, 0.25) is 0 Å². The van der Waals surface area contributed by atoms with Crippen LogP contribution in [0, 0.1) is 0 Å². The van der Waals surface area contributed by atoms with Gasteiger partial charge in [0.15, 0.2) is 0 Å². The Morgan fingerprint density at radius 1 is 1.20 bits per heavy atom. The molecule has 0 N–H and O–H groups in total. The number of rotatable bonds is 2. The second-order valence-electron chi connectivity index (χ2n) is 3.29. The van der Waals surface area contributed by atoms with Crippen molar-refractivity contribution in [2.24, 2.45) is 0 Å². The molecule has 15 heavy (non-hydrogen) atoms. The number of halogens is 1. The number of ether oxygens (including phenoxy) is 1. The van der Waals surface area contributed by atoms with Crippen molar-refractivity contribution in [1.29, 1.82) is 0 Å². The minimum absolute atomic E-state index is 0.730. The highest BCUT2D eigenvalue weighted by molar-refractivity contribution is 6.31. The van der Waals surface area contributed by atoms with E-state index in [0.29, 0.717) is 0 Å². The van der Waals surface area contributed by atoms with Crippen molar-refractivity contribution in [3.63, 3.8) is 0 Å². The van der Waals surface area contributed by atoms with Gasteiger partial charge >= 0.3 is 0 Å². The molecule has 1 aliphatic rings. The van der Waals surface area contributed by atoms with Crippen LogP contribution in [0.15, 0.2) is 12.1 Å². The molecule has 0 spiro atoms. The summed E-state index contributed by atoms with van der Waals surface area (Å²) in [5, 5.41) is 0.899. The molecule has 84 valence electrons. The number of hydrogen-bond acceptors (Lipinski definition) is 1. The first-order valence-electron chi connectivity index (χ1n) is 5.76. The Kier molecular flexibility index (Phi) is 4.97. The summed E-state index contributed by atoms with van der Waals surface area (Å²) in [5.74, 6) is 1.03. The van der Waals surface area contributed by atoms with Crippen molar-refractivity contribution >= 4 is 11.6 Å². The van der Waals surface area contributed by atoms with Gasteiger partial charge in [-0.2, -0.15) is 0 Å². The van der Waals surface area contributed by atoms with Gasteiger partial charge in [-0.05, 0) is 49.4 Å². The summed E-state index contributed by atoms with van der Waals surface area (Å²) in [6.45, 7) is 6.74. The van der Waals surface area contributed by atoms with Crippen LogP contribution >= 0.6 is 11.6 Å². The summed E-state index contributed by atoms with van der Waals surface area (Å²) in [4.78, 5) is 0. The Labute approximate surface area is 97.4 Å². The fraction of sp³-hybridized carbons (Fsp3) is 0.538. The Balaban J connectivity index is 0.000000531. The Morgan fingerprint density at radius 3 is 2.53 bits per heavy atom. The summed E-state index contributed by atoms with van der Waals surface area (Å²) >= 11 is 6.09. The molecule has 1 nitrogen and oxygen atoms in total. The highest BCUT2D eigenvalue weighted by atomic mass is 35.5. The predicted molar refractivity (Wildman–Crippen MR) is 66.0 cm³/mol. The fourth-order valence-electron chi connectivity index (χ4n) is 1.92. The zero-order valence-corrected chi connectivity index (χ0v) is 10.5. The maximum Gasteiger partial charge on any atom is 0.122 e. The van der Waals surface area contributed by atoms with Crippen LogP contribution in [0.2, 0.25) is 5.02 Å². The highest BCUT2D eigenvalue weighted by Gasteiger charge is 2.18. The van der Waals surface area contributed by atoms with E-state index in [-0.39, 0.29) is 0 Å². The molecule has 0 atom stereocenters. The van der Waals surface area contributed by atoms with Crippen molar-refractivity contribution in [2.45, 2.75) is 40.0 Å². The van der Waals surface area contributed by atoms with Crippen LogP contribution < -0.4 is 4.74 Å². The van der Waals surface area contributed by atoms with E-state index >= 15 is 0 Å². The van der Waals surface area contributed by atoms with Crippen LogP contribution in [0.1, 0.15) is 38.3 Å². The van der Waals surface area contributed by atoms with Crippen LogP contribution in [-0.4, -0.2) is 6.61 Å². The van der Waals surface area contributed by atoms with Gasteiger partial charge in [0.05, 0.1) is 6.61 Å². The SMILES string of the molecule is CC.CCOc1ccc(Cl)c2c1CCC2. The van der Waals surface area contributed by atoms with Gasteiger partial charge in [-0.25, -0.2) is 0 Å². The lowest BCUT2D eigenvalue weighted by atomic mass is 10.1. The third-order valence-corrected chi connectivity index (χ3v) is 2.84. The van der Waals surface area contributed by atoms with Crippen LogP contribution in [-0.2, 0) is 12.8 Å². The third-order valence-electron chi connectivity index (χ3n) is 2.48. The molecule has 1 aromatic carbocycles. The second-order valence-corrected chi connectivity index (χ2v) is 3.70. The van der Waals surface area contributed by atoms with Gasteiger partial charge in [0.1, 0.15) is 5.75 Å². The van der Waals surface area contributed by atoms with Crippen molar-refractivity contribution in [2.75, 3.05) is 6.61 Å². The first-order chi connectivity index (χ1) is 7.33. The molecule has 0 fully saturated rings. The molecule has 1 aliphatic carbocycles. The van der Waals surface area contributed by atoms with Crippen LogP contribution in [0.25, 0.3) is 0 Å². The average molecular weight is 227 g/mol. The van der Waals surface area contributed by atoms with E-state index in [1.807, 2.05) is 32.9 Å². The van der Waals surface area contributed by atoms with E-state index in [1.54, 1.807) is 0 Å². The average Bonchev–Trinajstić information content (AvgIpc) is 2.75. The molecule has 2 rings (SSSR count). The monoisotopic (exact) mass is 226 g/mol. The molecule has 0 saturated carbocycles. The van der Waals surface area contributed by atoms with Crippen molar-refractivity contribution < 1.29 is 4.74 Å². The molecule has 2 heteroatoms. The molecule has 0 amide bonds. The van der Waals surface area contributed by atoms with Crippen LogP contribution in [0.5, 0.6) is 5.75 Å². The minimum atomic E-state index is 0.730. The van der Waals surface area contributed by atoms with Gasteiger partial charge in [-0.1, -0.05) is 25.4 Å². The molecular weight excluding hydrogens is 208 g/mol. The summed E-state index contributed by atoms with van der Waals surface area (Å²) < 4.78 is 5.55. The lowest BCUT2D eigenvalue weighted by molar-refractivity contribution is 0.337. The normalized spacial score (nSPS) is 12.8. The van der Waals surface area contributed by atoms with Gasteiger partial charge in [-0.3, -0.25) is 0 Å². The summed E-state index contributed by atoms with van der Waals surface area (Å²) in [7, 11) is 0. The molecule has 0 bridgehead atoms. The topological polar surface area (TPSA) is 9.23 Å². The predicted octanol–water partition coefficient (Wildman–Crippen LogP) is 4.25. The first kappa shape index (κ1) is 12.4. The van der Waals surface area contributed by atoms with Gasteiger partial charge in [0.25, 0.3) is 0 Å². The Morgan fingerprint density at radius 2 is 1.87 bits per heavy atom. The minimum Gasteiger partial charge on any atom is -0.494 e. The smallest absolute Gasteiger partial charge is 0.122 e. The van der Waals surface area contributed by atoms with Crippen LogP contribution in [0.3, 0.4) is 0 Å². The van der Waals surface area contributed by atoms with E-state index in [4.69, 9.17) is 16.3 Å². The lowest BCUT2D eigenvalue weighted by Crippen LogP contribution is -1.96. The molecule has 0 radical (unpaired) electrons.